The monoisotopic (exact) mass is 734 g/mol. The molecule has 9 nitrogen and oxygen atoms in total. The molecule has 6 rings (SSSR count). The Labute approximate surface area is 272 Å². The molecule has 0 aliphatic heterocycles. The van der Waals surface area contributed by atoms with Gasteiger partial charge in [0.05, 0.1) is 38.6 Å². The van der Waals surface area contributed by atoms with Crippen LogP contribution in [0.5, 0.6) is 11.5 Å². The minimum absolute atomic E-state index is 0.225. The first kappa shape index (κ1) is 29.6. The number of ether oxygens (including phenoxy) is 2. The molecule has 2 aromatic heterocycles. The lowest BCUT2D eigenvalue weighted by Crippen LogP contribution is -2.20. The molecule has 220 valence electrons. The highest BCUT2D eigenvalue weighted by Crippen LogP contribution is 2.35. The average molecular weight is 737 g/mol. The van der Waals surface area contributed by atoms with E-state index in [9.17, 15) is 9.59 Å². The molecule has 6 aromatic rings. The Morgan fingerprint density at radius 1 is 1.02 bits per heavy atom. The van der Waals surface area contributed by atoms with Crippen LogP contribution in [0.3, 0.4) is 0 Å². The van der Waals surface area contributed by atoms with E-state index in [4.69, 9.17) is 30.5 Å². The molecule has 44 heavy (non-hydrogen) atoms. The topological polar surface area (TPSA) is 108 Å². The number of benzene rings is 4. The zero-order valence-corrected chi connectivity index (χ0v) is 26.8. The van der Waals surface area contributed by atoms with Gasteiger partial charge in [-0.05, 0) is 104 Å². The maximum Gasteiger partial charge on any atom is 0.282 e. The SMILES string of the molecule is COc1cccc2oc(-c3nc4ccccc4c(=O)n3N=Cc3cc(Br)c(OCC(=O)Nc4ccc(Cl)cc4)c(Br)c3)cc12. The van der Waals surface area contributed by atoms with Gasteiger partial charge in [0, 0.05) is 10.7 Å². The van der Waals surface area contributed by atoms with E-state index in [0.29, 0.717) is 59.0 Å². The maximum absolute atomic E-state index is 13.6. The van der Waals surface area contributed by atoms with Crippen LogP contribution in [0.25, 0.3) is 33.5 Å². The number of carbonyl (C=O) groups excluding carboxylic acids is 1. The van der Waals surface area contributed by atoms with Crippen molar-refractivity contribution >= 4 is 83.1 Å². The summed E-state index contributed by atoms with van der Waals surface area (Å²) in [6.45, 7) is -0.225. The molecule has 0 saturated carbocycles. The fourth-order valence-electron chi connectivity index (χ4n) is 4.50. The third-order valence-corrected chi connectivity index (χ3v) is 7.96. The first-order valence-electron chi connectivity index (χ1n) is 13.1. The summed E-state index contributed by atoms with van der Waals surface area (Å²) in [4.78, 5) is 30.8. The zero-order valence-electron chi connectivity index (χ0n) is 22.9. The average Bonchev–Trinajstić information content (AvgIpc) is 3.46. The zero-order chi connectivity index (χ0) is 30.8. The number of aromatic nitrogens is 2. The minimum Gasteiger partial charge on any atom is -0.496 e. The van der Waals surface area contributed by atoms with Crippen molar-refractivity contribution in [1.82, 2.24) is 9.66 Å². The predicted octanol–water partition coefficient (Wildman–Crippen LogP) is 7.90. The lowest BCUT2D eigenvalue weighted by molar-refractivity contribution is -0.118. The van der Waals surface area contributed by atoms with Crippen LogP contribution in [0.15, 0.2) is 108 Å². The standard InChI is InChI=1S/C32H21Br2ClN4O5/c1-42-26-7-4-8-27-22(26)15-28(44-27)31-38-25-6-3-2-5-21(25)32(41)39(31)36-16-18-13-23(33)30(24(34)14-18)43-17-29(40)37-20-11-9-19(35)10-12-20/h2-16H,17H2,1H3,(H,37,40). The fraction of sp³-hybridized carbons (Fsp3) is 0.0625. The van der Waals surface area contributed by atoms with Crippen molar-refractivity contribution in [2.45, 2.75) is 0 Å². The van der Waals surface area contributed by atoms with Crippen LogP contribution in [0.4, 0.5) is 5.69 Å². The van der Waals surface area contributed by atoms with Gasteiger partial charge in [-0.25, -0.2) is 4.98 Å². The summed E-state index contributed by atoms with van der Waals surface area (Å²) >= 11 is 12.9. The van der Waals surface area contributed by atoms with E-state index < -0.39 is 0 Å². The Bertz CT molecular complexity index is 2100. The number of nitrogens with one attached hydrogen (secondary N) is 1. The predicted molar refractivity (Wildman–Crippen MR) is 178 cm³/mol. The molecule has 0 aliphatic rings. The fourth-order valence-corrected chi connectivity index (χ4v) is 6.07. The van der Waals surface area contributed by atoms with Crippen molar-refractivity contribution in [3.05, 3.63) is 115 Å². The highest BCUT2D eigenvalue weighted by Gasteiger charge is 2.18. The number of methoxy groups -OCH3 is 1. The molecule has 0 atom stereocenters. The largest absolute Gasteiger partial charge is 0.496 e. The van der Waals surface area contributed by atoms with E-state index in [2.05, 4.69) is 42.3 Å². The molecule has 2 heterocycles. The number of fused-ring (bicyclic) bond motifs is 2. The van der Waals surface area contributed by atoms with Crippen LogP contribution >= 0.6 is 43.5 Å². The molecule has 1 amide bonds. The normalized spacial score (nSPS) is 11.4. The van der Waals surface area contributed by atoms with Gasteiger partial charge in [-0.15, -0.1) is 0 Å². The number of rotatable bonds is 8. The molecule has 0 bridgehead atoms. The summed E-state index contributed by atoms with van der Waals surface area (Å²) in [5, 5.41) is 9.00. The minimum atomic E-state index is -0.362. The quantitative estimate of drug-likeness (QED) is 0.159. The molecular formula is C32H21Br2ClN4O5. The Hall–Kier alpha value is -4.45. The number of hydrogen-bond donors (Lipinski definition) is 1. The van der Waals surface area contributed by atoms with Gasteiger partial charge < -0.3 is 19.2 Å². The van der Waals surface area contributed by atoms with Gasteiger partial charge in [0.15, 0.2) is 12.4 Å². The van der Waals surface area contributed by atoms with Crippen LogP contribution in [-0.2, 0) is 4.79 Å². The van der Waals surface area contributed by atoms with Gasteiger partial charge in [0.1, 0.15) is 17.1 Å². The molecule has 0 fully saturated rings. The smallest absolute Gasteiger partial charge is 0.282 e. The number of furan rings is 1. The van der Waals surface area contributed by atoms with Gasteiger partial charge in [-0.2, -0.15) is 9.78 Å². The highest BCUT2D eigenvalue weighted by atomic mass is 79.9. The maximum atomic E-state index is 13.6. The van der Waals surface area contributed by atoms with Crippen molar-refractivity contribution in [3.63, 3.8) is 0 Å². The number of para-hydroxylation sites is 1. The Morgan fingerprint density at radius 3 is 2.52 bits per heavy atom. The molecular weight excluding hydrogens is 716 g/mol. The summed E-state index contributed by atoms with van der Waals surface area (Å²) < 4.78 is 19.7. The molecule has 1 N–H and O–H groups in total. The molecule has 0 saturated heterocycles. The van der Waals surface area contributed by atoms with Gasteiger partial charge >= 0.3 is 0 Å². The number of hydrogen-bond acceptors (Lipinski definition) is 7. The third kappa shape index (κ3) is 6.12. The van der Waals surface area contributed by atoms with Gasteiger partial charge in [-0.1, -0.05) is 29.8 Å². The van der Waals surface area contributed by atoms with E-state index in [1.165, 1.54) is 10.9 Å². The molecule has 0 unspecified atom stereocenters. The van der Waals surface area contributed by atoms with Crippen molar-refractivity contribution in [2.24, 2.45) is 5.10 Å². The van der Waals surface area contributed by atoms with Crippen LogP contribution in [0, 0.1) is 0 Å². The molecule has 0 spiro atoms. The summed E-state index contributed by atoms with van der Waals surface area (Å²) in [5.41, 5.74) is 1.98. The van der Waals surface area contributed by atoms with E-state index in [-0.39, 0.29) is 23.9 Å². The van der Waals surface area contributed by atoms with Crippen molar-refractivity contribution in [2.75, 3.05) is 19.0 Å². The highest BCUT2D eigenvalue weighted by molar-refractivity contribution is 9.11. The number of anilines is 1. The molecule has 4 aromatic carbocycles. The van der Waals surface area contributed by atoms with E-state index in [1.54, 1.807) is 67.8 Å². The molecule has 12 heteroatoms. The Kier molecular flexibility index (Phi) is 8.51. The van der Waals surface area contributed by atoms with Crippen molar-refractivity contribution < 1.29 is 18.7 Å². The number of amides is 1. The number of halogens is 3. The van der Waals surface area contributed by atoms with Crippen LogP contribution in [0.2, 0.25) is 5.02 Å². The molecule has 0 aliphatic carbocycles. The lowest BCUT2D eigenvalue weighted by atomic mass is 10.2. The van der Waals surface area contributed by atoms with Gasteiger partial charge in [-0.3, -0.25) is 9.59 Å². The van der Waals surface area contributed by atoms with Crippen LogP contribution in [0.1, 0.15) is 5.56 Å². The first-order chi connectivity index (χ1) is 21.3. The van der Waals surface area contributed by atoms with Crippen LogP contribution < -0.4 is 20.3 Å². The van der Waals surface area contributed by atoms with E-state index in [1.807, 2.05) is 24.3 Å². The van der Waals surface area contributed by atoms with Crippen molar-refractivity contribution in [3.8, 4) is 23.1 Å². The van der Waals surface area contributed by atoms with E-state index >= 15 is 0 Å². The Balaban J connectivity index is 1.30. The Morgan fingerprint density at radius 2 is 1.77 bits per heavy atom. The summed E-state index contributed by atoms with van der Waals surface area (Å²) in [5.74, 6) is 1.31. The van der Waals surface area contributed by atoms with Crippen LogP contribution in [-0.4, -0.2) is 35.5 Å². The first-order valence-corrected chi connectivity index (χ1v) is 15.1. The summed E-state index contributed by atoms with van der Waals surface area (Å²) in [6.07, 6.45) is 1.52. The summed E-state index contributed by atoms with van der Waals surface area (Å²) in [6, 6.07) is 24.6. The third-order valence-electron chi connectivity index (χ3n) is 6.53. The number of nitrogens with zero attached hydrogens (tertiary/aromatic N) is 3. The second-order valence-corrected chi connectivity index (χ2v) is 11.6. The molecule has 0 radical (unpaired) electrons. The van der Waals surface area contributed by atoms with Gasteiger partial charge in [0.25, 0.3) is 11.5 Å². The van der Waals surface area contributed by atoms with Crippen molar-refractivity contribution in [1.29, 1.82) is 0 Å². The second kappa shape index (κ2) is 12.7. The van der Waals surface area contributed by atoms with Gasteiger partial charge in [0.2, 0.25) is 5.82 Å². The number of carbonyl (C=O) groups is 1. The second-order valence-electron chi connectivity index (χ2n) is 9.45. The lowest BCUT2D eigenvalue weighted by Gasteiger charge is -2.12. The summed E-state index contributed by atoms with van der Waals surface area (Å²) in [7, 11) is 1.58. The van der Waals surface area contributed by atoms with E-state index in [0.717, 1.165) is 5.39 Å².